The van der Waals surface area contributed by atoms with Crippen molar-refractivity contribution in [2.75, 3.05) is 18.9 Å². The van der Waals surface area contributed by atoms with Crippen LogP contribution in [0.25, 0.3) is 17.1 Å². The second kappa shape index (κ2) is 8.57. The van der Waals surface area contributed by atoms with Crippen molar-refractivity contribution < 1.29 is 14.2 Å². The van der Waals surface area contributed by atoms with E-state index in [1.54, 1.807) is 30.7 Å². The van der Waals surface area contributed by atoms with Crippen LogP contribution in [0.15, 0.2) is 48.4 Å². The molecule has 0 saturated heterocycles. The number of hydrogen-bond donors (Lipinski definition) is 4. The summed E-state index contributed by atoms with van der Waals surface area (Å²) in [5, 5.41) is 21.4. The molecule has 2 bridgehead atoms. The van der Waals surface area contributed by atoms with E-state index in [-0.39, 0.29) is 11.6 Å². The summed E-state index contributed by atoms with van der Waals surface area (Å²) >= 11 is 0. The number of nitrogens with one attached hydrogen (secondary N) is 2. The van der Waals surface area contributed by atoms with E-state index < -0.39 is 18.5 Å². The van der Waals surface area contributed by atoms with Gasteiger partial charge in [-0.15, -0.1) is 0 Å². The molecule has 1 atom stereocenters. The molecule has 3 heterocycles. The first-order valence-corrected chi connectivity index (χ1v) is 9.87. The van der Waals surface area contributed by atoms with Crippen LogP contribution in [-0.2, 0) is 6.54 Å². The highest BCUT2D eigenvalue weighted by molar-refractivity contribution is 5.89. The van der Waals surface area contributed by atoms with E-state index in [9.17, 15) is 9.50 Å². The fourth-order valence-corrected chi connectivity index (χ4v) is 3.68. The van der Waals surface area contributed by atoms with E-state index in [1.807, 2.05) is 11.5 Å². The largest absolute Gasteiger partial charge is 0.479 e. The fraction of sp³-hybridized carbons (Fsp3) is 0.227. The number of rotatable bonds is 4. The molecule has 0 amide bonds. The van der Waals surface area contributed by atoms with Gasteiger partial charge in [-0.05, 0) is 31.2 Å². The smallest absolute Gasteiger partial charge is 0.166 e. The van der Waals surface area contributed by atoms with Crippen molar-refractivity contribution in [2.24, 2.45) is 0 Å². The number of fused-ring (bicyclic) bond motifs is 5. The van der Waals surface area contributed by atoms with Crippen LogP contribution >= 0.6 is 0 Å². The van der Waals surface area contributed by atoms with Crippen molar-refractivity contribution in [3.63, 3.8) is 0 Å². The molecule has 0 spiro atoms. The molecule has 2 aromatic heterocycles. The number of nitrogens with two attached hydrogens (primary N) is 1. The number of halogens is 1. The lowest BCUT2D eigenvalue weighted by Crippen LogP contribution is -2.19. The Morgan fingerprint density at radius 3 is 2.97 bits per heavy atom. The summed E-state index contributed by atoms with van der Waals surface area (Å²) in [6.07, 6.45) is 5.44. The maximum atomic E-state index is 14.2. The van der Waals surface area contributed by atoms with Crippen molar-refractivity contribution in [3.05, 3.63) is 65.4 Å². The zero-order chi connectivity index (χ0) is 22.0. The van der Waals surface area contributed by atoms with E-state index in [0.717, 1.165) is 5.70 Å². The maximum absolute atomic E-state index is 14.2. The van der Waals surface area contributed by atoms with Crippen molar-refractivity contribution in [3.8, 4) is 17.1 Å². The number of nitrogens with zero attached hydrogens (tertiary/aromatic N) is 3. The SMILES string of the molecule is CCN/C1=C(\C=N)Cn2ccnc2-c2ccc(F)cc2C(CO)Oc2cc1cnc2N. The molecule has 1 aliphatic heterocycles. The third-order valence-corrected chi connectivity index (χ3v) is 5.11. The number of imidazole rings is 1. The van der Waals surface area contributed by atoms with Crippen LogP contribution < -0.4 is 15.8 Å². The number of aliphatic hydroxyl groups excluding tert-OH is 1. The third-order valence-electron chi connectivity index (χ3n) is 5.11. The number of aliphatic hydroxyl groups is 1. The normalized spacial score (nSPS) is 18.1. The molecule has 4 rings (SSSR count). The van der Waals surface area contributed by atoms with Crippen molar-refractivity contribution >= 4 is 17.7 Å². The van der Waals surface area contributed by atoms with Crippen molar-refractivity contribution in [1.29, 1.82) is 5.41 Å². The predicted octanol–water partition coefficient (Wildman–Crippen LogP) is 2.76. The molecular formula is C22H23FN6O2. The maximum Gasteiger partial charge on any atom is 0.166 e. The van der Waals surface area contributed by atoms with Gasteiger partial charge in [0, 0.05) is 59.3 Å². The van der Waals surface area contributed by atoms with Gasteiger partial charge in [0.25, 0.3) is 0 Å². The Labute approximate surface area is 178 Å². The van der Waals surface area contributed by atoms with Crippen LogP contribution in [0.5, 0.6) is 5.75 Å². The van der Waals surface area contributed by atoms with Crippen LogP contribution in [0.2, 0.25) is 0 Å². The van der Waals surface area contributed by atoms with E-state index in [1.165, 1.54) is 18.3 Å². The summed E-state index contributed by atoms with van der Waals surface area (Å²) in [6, 6.07) is 5.98. The van der Waals surface area contributed by atoms with Gasteiger partial charge in [0.15, 0.2) is 11.6 Å². The number of aromatic nitrogens is 3. The molecule has 8 nitrogen and oxygen atoms in total. The lowest BCUT2D eigenvalue weighted by Gasteiger charge is -2.23. The lowest BCUT2D eigenvalue weighted by molar-refractivity contribution is 0.117. The Balaban J connectivity index is 2.02. The Kier molecular flexibility index (Phi) is 5.68. The first-order valence-electron chi connectivity index (χ1n) is 9.87. The third kappa shape index (κ3) is 3.87. The first-order chi connectivity index (χ1) is 15.0. The molecule has 0 aliphatic carbocycles. The molecule has 1 unspecified atom stereocenters. The highest BCUT2D eigenvalue weighted by Gasteiger charge is 2.24. The Morgan fingerprint density at radius 1 is 1.39 bits per heavy atom. The van der Waals surface area contributed by atoms with Crippen LogP contribution in [0.4, 0.5) is 10.2 Å². The molecular weight excluding hydrogens is 399 g/mol. The molecule has 9 heteroatoms. The zero-order valence-corrected chi connectivity index (χ0v) is 17.0. The highest BCUT2D eigenvalue weighted by atomic mass is 19.1. The summed E-state index contributed by atoms with van der Waals surface area (Å²) in [5.41, 5.74) is 9.19. The second-order valence-electron chi connectivity index (χ2n) is 7.08. The van der Waals surface area contributed by atoms with Gasteiger partial charge in [-0.3, -0.25) is 0 Å². The van der Waals surface area contributed by atoms with E-state index in [4.69, 9.17) is 15.9 Å². The molecule has 31 heavy (non-hydrogen) atoms. The van der Waals surface area contributed by atoms with Crippen molar-refractivity contribution in [2.45, 2.75) is 19.6 Å². The number of anilines is 1. The number of hydrogen-bond acceptors (Lipinski definition) is 7. The van der Waals surface area contributed by atoms with Gasteiger partial charge in [0.2, 0.25) is 0 Å². The quantitative estimate of drug-likeness (QED) is 0.480. The standard InChI is InChI=1S/C22H23FN6O2/c1-2-26-20-13-7-18(21(25)28-10-13)31-19(12-30)17-8-15(23)3-4-16(17)22-27-5-6-29(22)11-14(20)9-24/h3-10,19,24,26,30H,2,11-12H2,1H3,(H2,25,28)/b20-14+,24-9?. The number of pyridine rings is 1. The van der Waals surface area contributed by atoms with Crippen LogP contribution in [0.1, 0.15) is 24.2 Å². The number of benzene rings is 1. The van der Waals surface area contributed by atoms with Crippen molar-refractivity contribution in [1.82, 2.24) is 19.9 Å². The number of allylic oxidation sites excluding steroid dienone is 1. The average molecular weight is 422 g/mol. The first kappa shape index (κ1) is 20.5. The summed E-state index contributed by atoms with van der Waals surface area (Å²) in [5.74, 6) is 0.518. The predicted molar refractivity (Wildman–Crippen MR) is 116 cm³/mol. The van der Waals surface area contributed by atoms with Crippen LogP contribution in [-0.4, -0.2) is 39.0 Å². The average Bonchev–Trinajstić information content (AvgIpc) is 3.23. The summed E-state index contributed by atoms with van der Waals surface area (Å²) in [6.45, 7) is 2.54. The topological polar surface area (TPSA) is 122 Å². The van der Waals surface area contributed by atoms with Gasteiger partial charge in [-0.25, -0.2) is 14.4 Å². The second-order valence-corrected chi connectivity index (χ2v) is 7.08. The minimum absolute atomic E-state index is 0.144. The van der Waals surface area contributed by atoms with Crippen LogP contribution in [0.3, 0.4) is 0 Å². The molecule has 3 aromatic rings. The monoisotopic (exact) mass is 422 g/mol. The van der Waals surface area contributed by atoms with Gasteiger partial charge >= 0.3 is 0 Å². The fourth-order valence-electron chi connectivity index (χ4n) is 3.68. The van der Waals surface area contributed by atoms with E-state index in [2.05, 4.69) is 15.3 Å². The molecule has 160 valence electrons. The molecule has 0 radical (unpaired) electrons. The van der Waals surface area contributed by atoms with Gasteiger partial charge in [-0.2, -0.15) is 0 Å². The Morgan fingerprint density at radius 2 is 2.23 bits per heavy atom. The summed E-state index contributed by atoms with van der Waals surface area (Å²) in [7, 11) is 0. The molecule has 0 fully saturated rings. The highest BCUT2D eigenvalue weighted by Crippen LogP contribution is 2.35. The summed E-state index contributed by atoms with van der Waals surface area (Å²) < 4.78 is 22.1. The van der Waals surface area contributed by atoms with Gasteiger partial charge < -0.3 is 30.9 Å². The summed E-state index contributed by atoms with van der Waals surface area (Å²) in [4.78, 5) is 8.69. The molecule has 0 saturated carbocycles. The lowest BCUT2D eigenvalue weighted by atomic mass is 10.0. The van der Waals surface area contributed by atoms with Crippen LogP contribution in [0, 0.1) is 11.2 Å². The van der Waals surface area contributed by atoms with Gasteiger partial charge in [-0.1, -0.05) is 0 Å². The molecule has 5 N–H and O–H groups in total. The number of nitrogen functional groups attached to an aromatic ring is 1. The minimum Gasteiger partial charge on any atom is -0.479 e. The van der Waals surface area contributed by atoms with E-state index >= 15 is 0 Å². The van der Waals surface area contributed by atoms with E-state index in [0.29, 0.717) is 41.2 Å². The zero-order valence-electron chi connectivity index (χ0n) is 17.0. The Hall–Kier alpha value is -3.72. The Bertz CT molecular complexity index is 1160. The van der Waals surface area contributed by atoms with Gasteiger partial charge in [0.1, 0.15) is 17.7 Å². The molecule has 1 aromatic carbocycles. The molecule has 1 aliphatic rings. The van der Waals surface area contributed by atoms with Gasteiger partial charge in [0.05, 0.1) is 13.2 Å². The number of ether oxygens (including phenoxy) is 1. The minimum atomic E-state index is -0.886.